The van der Waals surface area contributed by atoms with Crippen molar-refractivity contribution in [3.05, 3.63) is 41.5 Å². The lowest BCUT2D eigenvalue weighted by molar-refractivity contribution is 0.103. The van der Waals surface area contributed by atoms with E-state index in [1.54, 1.807) is 0 Å². The molecule has 138 valence electrons. The molecule has 0 saturated carbocycles. The van der Waals surface area contributed by atoms with Gasteiger partial charge in [0.25, 0.3) is 0 Å². The van der Waals surface area contributed by atoms with E-state index in [4.69, 9.17) is 9.47 Å². The fourth-order valence-electron chi connectivity index (χ4n) is 2.87. The molecular weight excluding hydrogens is 339 g/mol. The van der Waals surface area contributed by atoms with Crippen molar-refractivity contribution >= 4 is 11.7 Å². The van der Waals surface area contributed by atoms with Gasteiger partial charge in [-0.1, -0.05) is 0 Å². The Labute approximate surface area is 150 Å². The molecule has 1 saturated heterocycles. The highest BCUT2D eigenvalue weighted by atomic mass is 19.1. The van der Waals surface area contributed by atoms with E-state index < -0.39 is 11.6 Å². The zero-order chi connectivity index (χ0) is 18.5. The maximum Gasteiger partial charge on any atom is 0.222 e. The number of nitrogens with one attached hydrogen (secondary N) is 2. The number of aromatic nitrogens is 2. The summed E-state index contributed by atoms with van der Waals surface area (Å²) in [6, 6.07) is 2.91. The molecule has 2 N–H and O–H groups in total. The number of hydrogen-bond donors (Lipinski definition) is 2. The number of ketones is 1. The summed E-state index contributed by atoms with van der Waals surface area (Å²) in [5.41, 5.74) is 0.0131. The third-order valence-electron chi connectivity index (χ3n) is 4.30. The van der Waals surface area contributed by atoms with Gasteiger partial charge in [0.15, 0.2) is 0 Å². The average molecular weight is 360 g/mol. The lowest BCUT2D eigenvalue weighted by atomic mass is 10.0. The highest BCUT2D eigenvalue weighted by molar-refractivity contribution is 6.10. The second-order valence-electron chi connectivity index (χ2n) is 5.98. The number of benzene rings is 1. The van der Waals surface area contributed by atoms with Crippen molar-refractivity contribution in [2.45, 2.75) is 18.9 Å². The van der Waals surface area contributed by atoms with Crippen LogP contribution in [0.15, 0.2) is 24.5 Å². The summed E-state index contributed by atoms with van der Waals surface area (Å²) < 4.78 is 24.5. The number of halogens is 1. The van der Waals surface area contributed by atoms with Gasteiger partial charge >= 0.3 is 0 Å². The van der Waals surface area contributed by atoms with Gasteiger partial charge in [-0.25, -0.2) is 14.4 Å². The van der Waals surface area contributed by atoms with Crippen LogP contribution in [-0.2, 0) is 0 Å². The normalized spacial score (nSPS) is 14.7. The number of methoxy groups -OCH3 is 2. The zero-order valence-corrected chi connectivity index (χ0v) is 14.7. The van der Waals surface area contributed by atoms with Gasteiger partial charge in [-0.2, -0.15) is 0 Å². The summed E-state index contributed by atoms with van der Waals surface area (Å²) >= 11 is 0. The second kappa shape index (κ2) is 8.09. The van der Waals surface area contributed by atoms with Crippen LogP contribution in [0.2, 0.25) is 0 Å². The Hall–Kier alpha value is -2.74. The number of ether oxygens (including phenoxy) is 2. The van der Waals surface area contributed by atoms with Crippen LogP contribution >= 0.6 is 0 Å². The van der Waals surface area contributed by atoms with Gasteiger partial charge in [0.1, 0.15) is 22.9 Å². The second-order valence-corrected chi connectivity index (χ2v) is 5.98. The highest BCUT2D eigenvalue weighted by Crippen LogP contribution is 2.29. The maximum absolute atomic E-state index is 14.4. The fourth-order valence-corrected chi connectivity index (χ4v) is 2.87. The Kier molecular flexibility index (Phi) is 5.62. The number of piperidine rings is 1. The molecule has 0 atom stereocenters. The minimum atomic E-state index is -0.719. The van der Waals surface area contributed by atoms with E-state index in [0.717, 1.165) is 32.0 Å². The van der Waals surface area contributed by atoms with Crippen molar-refractivity contribution in [3.63, 3.8) is 0 Å². The van der Waals surface area contributed by atoms with Crippen LogP contribution in [0.3, 0.4) is 0 Å². The number of carbonyl (C=O) groups excluding carboxylic acids is 1. The number of rotatable bonds is 6. The molecule has 0 amide bonds. The number of anilines is 1. The predicted octanol–water partition coefficient (Wildman–Crippen LogP) is 2.03. The van der Waals surface area contributed by atoms with E-state index in [9.17, 15) is 9.18 Å². The van der Waals surface area contributed by atoms with Crippen molar-refractivity contribution in [1.82, 2.24) is 15.3 Å². The van der Waals surface area contributed by atoms with Crippen molar-refractivity contribution < 1.29 is 18.7 Å². The third kappa shape index (κ3) is 3.91. The molecule has 1 aromatic carbocycles. The smallest absolute Gasteiger partial charge is 0.222 e. The quantitative estimate of drug-likeness (QED) is 0.763. The monoisotopic (exact) mass is 360 g/mol. The molecule has 2 aromatic rings. The van der Waals surface area contributed by atoms with E-state index in [1.165, 1.54) is 32.7 Å². The Bertz CT molecular complexity index is 777. The number of hydrogen-bond acceptors (Lipinski definition) is 7. The first-order valence-electron chi connectivity index (χ1n) is 8.38. The highest BCUT2D eigenvalue weighted by Gasteiger charge is 2.22. The Balaban J connectivity index is 1.80. The van der Waals surface area contributed by atoms with Crippen LogP contribution in [0.4, 0.5) is 10.3 Å². The first-order chi connectivity index (χ1) is 12.6. The molecule has 7 nitrogen and oxygen atoms in total. The molecule has 0 radical (unpaired) electrons. The van der Waals surface area contributed by atoms with Crippen molar-refractivity contribution in [3.8, 4) is 11.5 Å². The molecular formula is C18H21FN4O3. The predicted molar refractivity (Wildman–Crippen MR) is 94.5 cm³/mol. The number of carbonyl (C=O) groups is 1. The molecule has 0 bridgehead atoms. The largest absolute Gasteiger partial charge is 0.497 e. The van der Waals surface area contributed by atoms with Gasteiger partial charge in [-0.15, -0.1) is 0 Å². The Morgan fingerprint density at radius 3 is 2.50 bits per heavy atom. The van der Waals surface area contributed by atoms with E-state index in [2.05, 4.69) is 20.6 Å². The summed E-state index contributed by atoms with van der Waals surface area (Å²) in [4.78, 5) is 21.1. The molecule has 3 rings (SSSR count). The molecule has 0 aliphatic carbocycles. The number of nitrogens with zero attached hydrogens (tertiary/aromatic N) is 2. The maximum atomic E-state index is 14.4. The zero-order valence-electron chi connectivity index (χ0n) is 14.7. The van der Waals surface area contributed by atoms with E-state index in [-0.39, 0.29) is 22.6 Å². The Morgan fingerprint density at radius 1 is 1.19 bits per heavy atom. The topological polar surface area (TPSA) is 85.4 Å². The molecule has 8 heteroatoms. The van der Waals surface area contributed by atoms with E-state index in [1.807, 2.05) is 0 Å². The van der Waals surface area contributed by atoms with Gasteiger partial charge in [-0.3, -0.25) is 4.79 Å². The van der Waals surface area contributed by atoms with Gasteiger partial charge in [-0.05, 0) is 25.9 Å². The van der Waals surface area contributed by atoms with Crippen molar-refractivity contribution in [2.24, 2.45) is 0 Å². The van der Waals surface area contributed by atoms with E-state index >= 15 is 0 Å². The minimum Gasteiger partial charge on any atom is -0.497 e. The SMILES string of the molecule is COc1cc(F)c(C(=O)c2cnc(NC3CCNCC3)nc2)c(OC)c1. The lowest BCUT2D eigenvalue weighted by Crippen LogP contribution is -2.35. The lowest BCUT2D eigenvalue weighted by Gasteiger charge is -2.23. The fraction of sp³-hybridized carbons (Fsp3) is 0.389. The standard InChI is InChI=1S/C18H21FN4O3/c1-25-13-7-14(19)16(15(8-13)26-2)17(24)11-9-21-18(22-10-11)23-12-3-5-20-6-4-12/h7-10,12,20H,3-6H2,1-2H3,(H,21,22,23). The third-order valence-corrected chi connectivity index (χ3v) is 4.30. The Morgan fingerprint density at radius 2 is 1.88 bits per heavy atom. The minimum absolute atomic E-state index is 0.101. The molecule has 2 heterocycles. The van der Waals surface area contributed by atoms with Crippen LogP contribution < -0.4 is 20.1 Å². The molecule has 0 unspecified atom stereocenters. The van der Waals surface area contributed by atoms with Gasteiger partial charge < -0.3 is 20.1 Å². The molecule has 1 aliphatic rings. The summed E-state index contributed by atoms with van der Waals surface area (Å²) in [6.45, 7) is 1.90. The summed E-state index contributed by atoms with van der Waals surface area (Å²) in [5, 5.41) is 6.53. The van der Waals surface area contributed by atoms with Crippen LogP contribution in [0.1, 0.15) is 28.8 Å². The van der Waals surface area contributed by atoms with Crippen molar-refractivity contribution in [1.29, 1.82) is 0 Å². The summed E-state index contributed by atoms with van der Waals surface area (Å²) in [6.07, 6.45) is 4.75. The first-order valence-corrected chi connectivity index (χ1v) is 8.38. The van der Waals surface area contributed by atoms with E-state index in [0.29, 0.717) is 12.0 Å². The molecule has 1 aliphatic heterocycles. The molecule has 1 aromatic heterocycles. The summed E-state index contributed by atoms with van der Waals surface area (Å²) in [7, 11) is 2.78. The van der Waals surface area contributed by atoms with Crippen molar-refractivity contribution in [2.75, 3.05) is 32.6 Å². The van der Waals surface area contributed by atoms with Crippen LogP contribution in [0.5, 0.6) is 11.5 Å². The summed E-state index contributed by atoms with van der Waals surface area (Å²) in [5.74, 6) is -0.438. The van der Waals surface area contributed by atoms with Crippen LogP contribution in [0, 0.1) is 5.82 Å². The molecule has 1 fully saturated rings. The first kappa shape index (κ1) is 18.1. The van der Waals surface area contributed by atoms with Crippen LogP contribution in [-0.4, -0.2) is 49.1 Å². The van der Waals surface area contributed by atoms with Crippen LogP contribution in [0.25, 0.3) is 0 Å². The molecule has 26 heavy (non-hydrogen) atoms. The average Bonchev–Trinajstić information content (AvgIpc) is 2.68. The van der Waals surface area contributed by atoms with Gasteiger partial charge in [0, 0.05) is 30.6 Å². The van der Waals surface area contributed by atoms with Gasteiger partial charge in [0.05, 0.1) is 19.8 Å². The van der Waals surface area contributed by atoms with Gasteiger partial charge in [0.2, 0.25) is 11.7 Å². The molecule has 0 spiro atoms.